The van der Waals surface area contributed by atoms with Crippen molar-refractivity contribution in [3.63, 3.8) is 0 Å². The van der Waals surface area contributed by atoms with Crippen LogP contribution >= 0.6 is 0 Å². The van der Waals surface area contributed by atoms with E-state index in [4.69, 9.17) is 9.47 Å². The molecule has 1 heterocycles. The van der Waals surface area contributed by atoms with E-state index in [1.165, 1.54) is 0 Å². The summed E-state index contributed by atoms with van der Waals surface area (Å²) < 4.78 is 10.8. The summed E-state index contributed by atoms with van der Waals surface area (Å²) in [6, 6.07) is 9.56. The number of piperidine rings is 1. The number of alkyl carbamates (subject to hydrolysis) is 1. The number of hydrogen-bond acceptors (Lipinski definition) is 4. The topological polar surface area (TPSA) is 67.9 Å². The van der Waals surface area contributed by atoms with E-state index in [9.17, 15) is 9.59 Å². The first-order chi connectivity index (χ1) is 12.4. The Bertz CT molecular complexity index is 589. The molecule has 1 fully saturated rings. The average molecular weight is 362 g/mol. The Morgan fingerprint density at radius 2 is 2.00 bits per heavy atom. The van der Waals surface area contributed by atoms with Gasteiger partial charge in [-0.3, -0.25) is 0 Å². The summed E-state index contributed by atoms with van der Waals surface area (Å²) in [5.74, 6) is 0.213. The summed E-state index contributed by atoms with van der Waals surface area (Å²) >= 11 is 0. The van der Waals surface area contributed by atoms with Gasteiger partial charge in [0.2, 0.25) is 0 Å². The lowest BCUT2D eigenvalue weighted by Gasteiger charge is -2.34. The van der Waals surface area contributed by atoms with Crippen LogP contribution in [-0.2, 0) is 16.1 Å². The Balaban J connectivity index is 1.72. The van der Waals surface area contributed by atoms with E-state index in [0.29, 0.717) is 19.6 Å². The van der Waals surface area contributed by atoms with Crippen LogP contribution in [-0.4, -0.2) is 42.3 Å². The maximum Gasteiger partial charge on any atom is 0.410 e. The number of ether oxygens (including phenoxy) is 2. The van der Waals surface area contributed by atoms with Crippen LogP contribution in [0.2, 0.25) is 0 Å². The van der Waals surface area contributed by atoms with E-state index >= 15 is 0 Å². The van der Waals surface area contributed by atoms with Crippen LogP contribution in [0.5, 0.6) is 0 Å². The SMILES string of the molecule is CCC(C)(C)OC(=O)N1CCC[C@H](CNC(=O)OCc2ccccc2)C1. The first-order valence-corrected chi connectivity index (χ1v) is 9.32. The number of benzene rings is 1. The Labute approximate surface area is 155 Å². The van der Waals surface area contributed by atoms with Crippen LogP contribution in [0.1, 0.15) is 45.6 Å². The van der Waals surface area contributed by atoms with Crippen molar-refractivity contribution in [1.82, 2.24) is 10.2 Å². The zero-order chi connectivity index (χ0) is 19.0. The number of hydrogen-bond donors (Lipinski definition) is 1. The van der Waals surface area contributed by atoms with Gasteiger partial charge in [0, 0.05) is 19.6 Å². The standard InChI is InChI=1S/C20H30N2O4/c1-4-20(2,3)26-19(24)22-12-8-11-17(14-22)13-21-18(23)25-15-16-9-6-5-7-10-16/h5-7,9-10,17H,4,8,11-15H2,1-3H3,(H,21,23)/t17-/m1/s1. The van der Waals surface area contributed by atoms with Crippen molar-refractivity contribution < 1.29 is 19.1 Å². The molecule has 0 saturated carbocycles. The minimum atomic E-state index is -0.455. The molecule has 0 aromatic heterocycles. The van der Waals surface area contributed by atoms with E-state index in [2.05, 4.69) is 5.32 Å². The third-order valence-electron chi connectivity index (χ3n) is 4.74. The molecule has 1 aromatic rings. The number of carbonyl (C=O) groups excluding carboxylic acids is 2. The highest BCUT2D eigenvalue weighted by Gasteiger charge is 2.29. The van der Waals surface area contributed by atoms with Crippen molar-refractivity contribution in [2.75, 3.05) is 19.6 Å². The molecule has 0 spiro atoms. The van der Waals surface area contributed by atoms with Gasteiger partial charge in [0.1, 0.15) is 12.2 Å². The predicted molar refractivity (Wildman–Crippen MR) is 99.8 cm³/mol. The van der Waals surface area contributed by atoms with E-state index < -0.39 is 11.7 Å². The summed E-state index contributed by atoms with van der Waals surface area (Å²) in [5, 5.41) is 2.80. The van der Waals surface area contributed by atoms with Crippen LogP contribution < -0.4 is 5.32 Å². The molecule has 0 aliphatic carbocycles. The first-order valence-electron chi connectivity index (χ1n) is 9.32. The van der Waals surface area contributed by atoms with Crippen molar-refractivity contribution in [3.8, 4) is 0 Å². The van der Waals surface area contributed by atoms with Crippen LogP contribution in [0, 0.1) is 5.92 Å². The summed E-state index contributed by atoms with van der Waals surface area (Å²) in [5.41, 5.74) is 0.497. The number of rotatable bonds is 6. The van der Waals surface area contributed by atoms with Gasteiger partial charge >= 0.3 is 12.2 Å². The third-order valence-corrected chi connectivity index (χ3v) is 4.74. The minimum Gasteiger partial charge on any atom is -0.445 e. The fourth-order valence-corrected chi connectivity index (χ4v) is 2.77. The van der Waals surface area contributed by atoms with Gasteiger partial charge in [-0.05, 0) is 44.6 Å². The van der Waals surface area contributed by atoms with Crippen LogP contribution in [0.3, 0.4) is 0 Å². The van der Waals surface area contributed by atoms with Crippen molar-refractivity contribution in [1.29, 1.82) is 0 Å². The van der Waals surface area contributed by atoms with E-state index in [1.54, 1.807) is 4.90 Å². The Morgan fingerprint density at radius 3 is 2.69 bits per heavy atom. The molecule has 1 N–H and O–H groups in total. The lowest BCUT2D eigenvalue weighted by molar-refractivity contribution is 0.00427. The van der Waals surface area contributed by atoms with E-state index in [-0.39, 0.29) is 18.6 Å². The molecular weight excluding hydrogens is 332 g/mol. The average Bonchev–Trinajstić information content (AvgIpc) is 2.65. The molecule has 6 heteroatoms. The Morgan fingerprint density at radius 1 is 1.27 bits per heavy atom. The van der Waals surface area contributed by atoms with Gasteiger partial charge < -0.3 is 19.7 Å². The second kappa shape index (κ2) is 9.46. The highest BCUT2D eigenvalue weighted by molar-refractivity contribution is 5.68. The molecule has 0 unspecified atom stereocenters. The van der Waals surface area contributed by atoms with Gasteiger partial charge in [-0.2, -0.15) is 0 Å². The van der Waals surface area contributed by atoms with E-state index in [0.717, 1.165) is 24.8 Å². The second-order valence-electron chi connectivity index (χ2n) is 7.38. The van der Waals surface area contributed by atoms with Crippen LogP contribution in [0.25, 0.3) is 0 Å². The summed E-state index contributed by atoms with van der Waals surface area (Å²) in [7, 11) is 0. The zero-order valence-corrected chi connectivity index (χ0v) is 16.0. The normalized spacial score (nSPS) is 17.5. The lowest BCUT2D eigenvalue weighted by Crippen LogP contribution is -2.46. The molecule has 144 valence electrons. The van der Waals surface area contributed by atoms with E-state index in [1.807, 2.05) is 51.1 Å². The smallest absolute Gasteiger partial charge is 0.410 e. The molecule has 0 radical (unpaired) electrons. The molecular formula is C20H30N2O4. The predicted octanol–water partition coefficient (Wildman–Crippen LogP) is 3.95. The molecule has 0 bridgehead atoms. The Kier molecular flexibility index (Phi) is 7.30. The van der Waals surface area contributed by atoms with Gasteiger partial charge in [0.05, 0.1) is 0 Å². The number of amides is 2. The van der Waals surface area contributed by atoms with Crippen molar-refractivity contribution in [2.45, 2.75) is 52.2 Å². The molecule has 1 aliphatic heterocycles. The van der Waals surface area contributed by atoms with Crippen molar-refractivity contribution >= 4 is 12.2 Å². The second-order valence-corrected chi connectivity index (χ2v) is 7.38. The summed E-state index contributed by atoms with van der Waals surface area (Å²) in [4.78, 5) is 25.9. The molecule has 2 rings (SSSR count). The molecule has 26 heavy (non-hydrogen) atoms. The fourth-order valence-electron chi connectivity index (χ4n) is 2.77. The third kappa shape index (κ3) is 6.58. The molecule has 1 aromatic carbocycles. The van der Waals surface area contributed by atoms with Gasteiger partial charge in [-0.25, -0.2) is 9.59 Å². The first kappa shape index (κ1) is 20.1. The Hall–Kier alpha value is -2.24. The minimum absolute atomic E-state index is 0.213. The highest BCUT2D eigenvalue weighted by Crippen LogP contribution is 2.20. The zero-order valence-electron chi connectivity index (χ0n) is 16.0. The van der Waals surface area contributed by atoms with Crippen LogP contribution in [0.15, 0.2) is 30.3 Å². The lowest BCUT2D eigenvalue weighted by atomic mass is 9.98. The summed E-state index contributed by atoms with van der Waals surface area (Å²) in [6.07, 6.45) is 1.95. The number of nitrogens with one attached hydrogen (secondary N) is 1. The van der Waals surface area contributed by atoms with Gasteiger partial charge in [0.25, 0.3) is 0 Å². The monoisotopic (exact) mass is 362 g/mol. The number of likely N-dealkylation sites (tertiary alicyclic amines) is 1. The number of nitrogens with zero attached hydrogens (tertiary/aromatic N) is 1. The van der Waals surface area contributed by atoms with Crippen LogP contribution in [0.4, 0.5) is 9.59 Å². The maximum atomic E-state index is 12.3. The van der Waals surface area contributed by atoms with Crippen molar-refractivity contribution in [2.24, 2.45) is 5.92 Å². The maximum absolute atomic E-state index is 12.3. The van der Waals surface area contributed by atoms with Gasteiger partial charge in [0.15, 0.2) is 0 Å². The highest BCUT2D eigenvalue weighted by atomic mass is 16.6. The van der Waals surface area contributed by atoms with Crippen molar-refractivity contribution in [3.05, 3.63) is 35.9 Å². The molecule has 1 saturated heterocycles. The number of carbonyl (C=O) groups is 2. The molecule has 2 amide bonds. The largest absolute Gasteiger partial charge is 0.445 e. The quantitative estimate of drug-likeness (QED) is 0.832. The molecule has 6 nitrogen and oxygen atoms in total. The van der Waals surface area contributed by atoms with Gasteiger partial charge in [-0.1, -0.05) is 37.3 Å². The van der Waals surface area contributed by atoms with Gasteiger partial charge in [-0.15, -0.1) is 0 Å². The fraction of sp³-hybridized carbons (Fsp3) is 0.600. The molecule has 1 atom stereocenters. The molecule has 1 aliphatic rings. The summed E-state index contributed by atoms with van der Waals surface area (Å²) in [6.45, 7) is 7.87.